The number of hydrogen-bond donors (Lipinski definition) is 2. The number of carbonyl (C=O) groups excluding carboxylic acids is 3. The van der Waals surface area contributed by atoms with E-state index in [1.807, 2.05) is 0 Å². The van der Waals surface area contributed by atoms with Crippen molar-refractivity contribution in [3.05, 3.63) is 63.6 Å². The van der Waals surface area contributed by atoms with E-state index in [4.69, 9.17) is 38.4 Å². The Kier molecular flexibility index (Phi) is 7.45. The highest BCUT2D eigenvalue weighted by atomic mass is 35.5. The van der Waals surface area contributed by atoms with Crippen LogP contribution in [0.2, 0.25) is 10.0 Å². The van der Waals surface area contributed by atoms with Crippen LogP contribution in [0.15, 0.2) is 42.5 Å². The normalized spacial score (nSPS) is 10.1. The number of benzene rings is 2. The van der Waals surface area contributed by atoms with Gasteiger partial charge in [0.05, 0.1) is 5.56 Å². The number of rotatable bonds is 8. The van der Waals surface area contributed by atoms with E-state index in [2.05, 4.69) is 5.32 Å². The van der Waals surface area contributed by atoms with Crippen molar-refractivity contribution < 1.29 is 23.9 Å². The first-order valence-electron chi connectivity index (χ1n) is 7.74. The topological polar surface area (TPSA) is 108 Å². The molecule has 0 bridgehead atoms. The predicted molar refractivity (Wildman–Crippen MR) is 99.7 cm³/mol. The average molecular weight is 411 g/mol. The van der Waals surface area contributed by atoms with E-state index in [-0.39, 0.29) is 18.7 Å². The van der Waals surface area contributed by atoms with Crippen molar-refractivity contribution in [2.24, 2.45) is 5.73 Å². The lowest BCUT2D eigenvalue weighted by atomic mass is 10.2. The molecule has 0 fully saturated rings. The lowest BCUT2D eigenvalue weighted by Crippen LogP contribution is -2.28. The second-order valence-electron chi connectivity index (χ2n) is 5.37. The second-order valence-corrected chi connectivity index (χ2v) is 6.21. The SMILES string of the molecule is NC(=O)COc1ccc(C(=O)OCC(=O)NCc2ccc(Cl)cc2Cl)cc1. The van der Waals surface area contributed by atoms with Gasteiger partial charge >= 0.3 is 5.97 Å². The Bertz CT molecular complexity index is 840. The van der Waals surface area contributed by atoms with Gasteiger partial charge in [-0.25, -0.2) is 4.79 Å². The lowest BCUT2D eigenvalue weighted by molar-refractivity contribution is -0.124. The molecule has 0 radical (unpaired) electrons. The number of halogens is 2. The molecule has 0 aromatic heterocycles. The molecule has 7 nitrogen and oxygen atoms in total. The molecule has 0 atom stereocenters. The molecule has 2 aromatic carbocycles. The molecule has 2 amide bonds. The van der Waals surface area contributed by atoms with E-state index in [0.717, 1.165) is 0 Å². The van der Waals surface area contributed by atoms with Gasteiger partial charge < -0.3 is 20.5 Å². The summed E-state index contributed by atoms with van der Waals surface area (Å²) in [5.41, 5.74) is 5.89. The molecule has 0 unspecified atom stereocenters. The Morgan fingerprint density at radius 3 is 2.33 bits per heavy atom. The molecule has 0 saturated carbocycles. The van der Waals surface area contributed by atoms with Crippen LogP contribution in [0.25, 0.3) is 0 Å². The number of primary amides is 1. The molecule has 2 rings (SSSR count). The number of ether oxygens (including phenoxy) is 2. The number of hydrogen-bond acceptors (Lipinski definition) is 5. The van der Waals surface area contributed by atoms with E-state index < -0.39 is 24.4 Å². The van der Waals surface area contributed by atoms with Crippen molar-refractivity contribution in [2.75, 3.05) is 13.2 Å². The molecule has 0 heterocycles. The third-order valence-corrected chi connectivity index (χ3v) is 3.88. The largest absolute Gasteiger partial charge is 0.484 e. The quantitative estimate of drug-likeness (QED) is 0.649. The summed E-state index contributed by atoms with van der Waals surface area (Å²) in [4.78, 5) is 34.4. The van der Waals surface area contributed by atoms with Crippen LogP contribution in [0.4, 0.5) is 0 Å². The maximum absolute atomic E-state index is 11.9. The van der Waals surface area contributed by atoms with Gasteiger partial charge in [-0.1, -0.05) is 29.3 Å². The van der Waals surface area contributed by atoms with Crippen molar-refractivity contribution in [1.29, 1.82) is 0 Å². The Morgan fingerprint density at radius 1 is 1.00 bits per heavy atom. The van der Waals surface area contributed by atoms with Crippen molar-refractivity contribution in [1.82, 2.24) is 5.32 Å². The summed E-state index contributed by atoms with van der Waals surface area (Å²) in [7, 11) is 0. The molecule has 27 heavy (non-hydrogen) atoms. The van der Waals surface area contributed by atoms with E-state index in [9.17, 15) is 14.4 Å². The summed E-state index contributed by atoms with van der Waals surface area (Å²) in [6.07, 6.45) is 0. The van der Waals surface area contributed by atoms with Gasteiger partial charge in [0, 0.05) is 16.6 Å². The minimum atomic E-state index is -0.670. The highest BCUT2D eigenvalue weighted by molar-refractivity contribution is 6.35. The zero-order chi connectivity index (χ0) is 19.8. The first-order valence-corrected chi connectivity index (χ1v) is 8.49. The molecule has 9 heteroatoms. The van der Waals surface area contributed by atoms with Gasteiger partial charge in [-0.05, 0) is 42.0 Å². The monoisotopic (exact) mass is 410 g/mol. The summed E-state index contributed by atoms with van der Waals surface area (Å²) in [5.74, 6) is -1.38. The number of esters is 1. The molecular weight excluding hydrogens is 395 g/mol. The van der Waals surface area contributed by atoms with Crippen molar-refractivity contribution in [3.8, 4) is 5.75 Å². The highest BCUT2D eigenvalue weighted by Gasteiger charge is 2.11. The van der Waals surface area contributed by atoms with Crippen LogP contribution in [0.1, 0.15) is 15.9 Å². The molecule has 2 aromatic rings. The Hall–Kier alpha value is -2.77. The molecule has 0 saturated heterocycles. The van der Waals surface area contributed by atoms with Crippen LogP contribution in [0.5, 0.6) is 5.75 Å². The first-order chi connectivity index (χ1) is 12.8. The van der Waals surface area contributed by atoms with Gasteiger partial charge in [0.15, 0.2) is 13.2 Å². The van der Waals surface area contributed by atoms with Crippen molar-refractivity contribution in [2.45, 2.75) is 6.54 Å². The minimum Gasteiger partial charge on any atom is -0.484 e. The molecule has 0 aliphatic heterocycles. The maximum atomic E-state index is 11.9. The van der Waals surface area contributed by atoms with Gasteiger partial charge in [-0.15, -0.1) is 0 Å². The predicted octanol–water partition coefficient (Wildman–Crippen LogP) is 2.33. The average Bonchev–Trinajstić information content (AvgIpc) is 2.64. The van der Waals surface area contributed by atoms with Crippen LogP contribution in [-0.4, -0.2) is 31.0 Å². The summed E-state index contributed by atoms with van der Waals surface area (Å²) >= 11 is 11.8. The molecule has 0 spiro atoms. The minimum absolute atomic E-state index is 0.179. The van der Waals surface area contributed by atoms with Crippen molar-refractivity contribution >= 4 is 41.0 Å². The third-order valence-electron chi connectivity index (χ3n) is 3.30. The summed E-state index contributed by atoms with van der Waals surface area (Å²) < 4.78 is 10.0. The first kappa shape index (κ1) is 20.5. The van der Waals surface area contributed by atoms with Crippen LogP contribution >= 0.6 is 23.2 Å². The number of nitrogens with two attached hydrogens (primary N) is 1. The zero-order valence-corrected chi connectivity index (χ0v) is 15.5. The Morgan fingerprint density at radius 2 is 1.70 bits per heavy atom. The van der Waals surface area contributed by atoms with Gasteiger partial charge in [-0.2, -0.15) is 0 Å². The fourth-order valence-corrected chi connectivity index (χ4v) is 2.44. The Labute approximate surface area is 165 Å². The fourth-order valence-electron chi connectivity index (χ4n) is 1.97. The van der Waals surface area contributed by atoms with Crippen molar-refractivity contribution in [3.63, 3.8) is 0 Å². The Balaban J connectivity index is 1.78. The van der Waals surface area contributed by atoms with Gasteiger partial charge in [0.2, 0.25) is 0 Å². The zero-order valence-electron chi connectivity index (χ0n) is 14.0. The number of carbonyl (C=O) groups is 3. The lowest BCUT2D eigenvalue weighted by Gasteiger charge is -2.09. The number of amides is 2. The smallest absolute Gasteiger partial charge is 0.338 e. The summed E-state index contributed by atoms with van der Waals surface area (Å²) in [6, 6.07) is 10.8. The molecule has 0 aliphatic carbocycles. The second kappa shape index (κ2) is 9.80. The van der Waals surface area contributed by atoms with Gasteiger partial charge in [0.25, 0.3) is 11.8 Å². The van der Waals surface area contributed by atoms with Crippen LogP contribution in [0.3, 0.4) is 0 Å². The van der Waals surface area contributed by atoms with E-state index in [0.29, 0.717) is 21.4 Å². The van der Waals surface area contributed by atoms with E-state index >= 15 is 0 Å². The number of nitrogens with one attached hydrogen (secondary N) is 1. The summed E-state index contributed by atoms with van der Waals surface area (Å²) in [6.45, 7) is -0.524. The van der Waals surface area contributed by atoms with Crippen LogP contribution < -0.4 is 15.8 Å². The highest BCUT2D eigenvalue weighted by Crippen LogP contribution is 2.20. The third kappa shape index (κ3) is 6.80. The molecule has 142 valence electrons. The molecule has 3 N–H and O–H groups in total. The standard InChI is InChI=1S/C18H16Cl2N2O5/c19-13-4-1-12(15(20)7-13)8-22-17(24)10-27-18(25)11-2-5-14(6-3-11)26-9-16(21)23/h1-7H,8-10H2,(H2,21,23)(H,22,24). The summed E-state index contributed by atoms with van der Waals surface area (Å²) in [5, 5.41) is 3.52. The van der Waals surface area contributed by atoms with E-state index in [1.165, 1.54) is 24.3 Å². The van der Waals surface area contributed by atoms with Crippen LogP contribution in [0, 0.1) is 0 Å². The molecular formula is C18H16Cl2N2O5. The maximum Gasteiger partial charge on any atom is 0.338 e. The fraction of sp³-hybridized carbons (Fsp3) is 0.167. The van der Waals surface area contributed by atoms with Gasteiger partial charge in [0.1, 0.15) is 5.75 Å². The van der Waals surface area contributed by atoms with Crippen LogP contribution in [-0.2, 0) is 20.9 Å². The van der Waals surface area contributed by atoms with E-state index in [1.54, 1.807) is 18.2 Å². The van der Waals surface area contributed by atoms with Gasteiger partial charge in [-0.3, -0.25) is 9.59 Å². The molecule has 0 aliphatic rings.